The first kappa shape index (κ1) is 15.5. The molecule has 10 heteroatoms. The highest BCUT2D eigenvalue weighted by Gasteiger charge is 2.16. The van der Waals surface area contributed by atoms with E-state index in [9.17, 15) is 9.59 Å². The molecule has 0 saturated heterocycles. The van der Waals surface area contributed by atoms with Gasteiger partial charge in [-0.2, -0.15) is 4.98 Å². The normalized spacial score (nSPS) is 11.3. The number of nitrogens with zero attached hydrogens (tertiary/aromatic N) is 3. The van der Waals surface area contributed by atoms with E-state index in [0.717, 1.165) is 10.4 Å². The lowest BCUT2D eigenvalue weighted by Gasteiger charge is -2.04. The smallest absolute Gasteiger partial charge is 0.278 e. The lowest BCUT2D eigenvalue weighted by Crippen LogP contribution is -2.18. The molecule has 0 bridgehead atoms. The SMILES string of the molecule is O=C(Nc1nc2nc[nH]c2c(=O)[nH]1)c1cccc2[nH]c(-c3cccs3)nc12. The van der Waals surface area contributed by atoms with Crippen LogP contribution in [0.1, 0.15) is 10.4 Å². The number of benzene rings is 1. The van der Waals surface area contributed by atoms with Gasteiger partial charge in [-0.3, -0.25) is 19.9 Å². The third-order valence-electron chi connectivity index (χ3n) is 4.04. The summed E-state index contributed by atoms with van der Waals surface area (Å²) in [5, 5.41) is 4.57. The summed E-state index contributed by atoms with van der Waals surface area (Å²) in [6.45, 7) is 0. The Bertz CT molecular complexity index is 1350. The van der Waals surface area contributed by atoms with Crippen LogP contribution >= 0.6 is 11.3 Å². The molecule has 0 aliphatic rings. The summed E-state index contributed by atoms with van der Waals surface area (Å²) in [6.07, 6.45) is 1.37. The third-order valence-corrected chi connectivity index (χ3v) is 4.92. The van der Waals surface area contributed by atoms with Crippen molar-refractivity contribution in [3.05, 3.63) is 58.0 Å². The molecule has 0 atom stereocenters. The van der Waals surface area contributed by atoms with Crippen LogP contribution in [-0.4, -0.2) is 35.8 Å². The van der Waals surface area contributed by atoms with Crippen LogP contribution in [0.4, 0.5) is 5.95 Å². The van der Waals surface area contributed by atoms with E-state index in [4.69, 9.17) is 0 Å². The molecule has 5 rings (SSSR count). The van der Waals surface area contributed by atoms with Crippen LogP contribution < -0.4 is 10.9 Å². The summed E-state index contributed by atoms with van der Waals surface area (Å²) in [4.78, 5) is 46.8. The van der Waals surface area contributed by atoms with E-state index in [-0.39, 0.29) is 17.1 Å². The molecule has 27 heavy (non-hydrogen) atoms. The van der Waals surface area contributed by atoms with Crippen LogP contribution in [0, 0.1) is 0 Å². The molecule has 9 nitrogen and oxygen atoms in total. The summed E-state index contributed by atoms with van der Waals surface area (Å²) in [7, 11) is 0. The van der Waals surface area contributed by atoms with Gasteiger partial charge in [0, 0.05) is 0 Å². The molecule has 4 N–H and O–H groups in total. The first-order valence-corrected chi connectivity index (χ1v) is 8.84. The Morgan fingerprint density at radius 3 is 2.89 bits per heavy atom. The molecule has 0 fully saturated rings. The molecule has 1 amide bonds. The number of anilines is 1. The fraction of sp³-hybridized carbons (Fsp3) is 0. The van der Waals surface area contributed by atoms with Gasteiger partial charge in [-0.05, 0) is 23.6 Å². The number of amides is 1. The van der Waals surface area contributed by atoms with Gasteiger partial charge in [0.05, 0.1) is 22.3 Å². The number of thiophene rings is 1. The monoisotopic (exact) mass is 377 g/mol. The Morgan fingerprint density at radius 1 is 1.11 bits per heavy atom. The van der Waals surface area contributed by atoms with Crippen molar-refractivity contribution in [3.63, 3.8) is 0 Å². The zero-order valence-electron chi connectivity index (χ0n) is 13.6. The quantitative estimate of drug-likeness (QED) is 0.383. The fourth-order valence-electron chi connectivity index (χ4n) is 2.82. The minimum absolute atomic E-state index is 0.0237. The fourth-order valence-corrected chi connectivity index (χ4v) is 3.49. The van der Waals surface area contributed by atoms with Gasteiger partial charge < -0.3 is 9.97 Å². The zero-order chi connectivity index (χ0) is 18.4. The second kappa shape index (κ2) is 5.88. The molecule has 0 aliphatic carbocycles. The number of hydrogen-bond donors (Lipinski definition) is 4. The van der Waals surface area contributed by atoms with Crippen LogP contribution in [0.5, 0.6) is 0 Å². The van der Waals surface area contributed by atoms with Gasteiger partial charge in [0.15, 0.2) is 11.2 Å². The number of aromatic amines is 3. The third kappa shape index (κ3) is 2.59. The van der Waals surface area contributed by atoms with Crippen molar-refractivity contribution in [2.45, 2.75) is 0 Å². The van der Waals surface area contributed by atoms with Crippen LogP contribution in [0.3, 0.4) is 0 Å². The summed E-state index contributed by atoms with van der Waals surface area (Å²) in [5.74, 6) is 0.295. The van der Waals surface area contributed by atoms with Gasteiger partial charge >= 0.3 is 0 Å². The predicted octanol–water partition coefficient (Wildman–Crippen LogP) is 2.50. The number of fused-ring (bicyclic) bond motifs is 2. The van der Waals surface area contributed by atoms with Crippen LogP contribution in [-0.2, 0) is 0 Å². The van der Waals surface area contributed by atoms with Crippen molar-refractivity contribution in [2.75, 3.05) is 5.32 Å². The number of aromatic nitrogens is 6. The Hall–Kier alpha value is -3.79. The lowest BCUT2D eigenvalue weighted by molar-refractivity contribution is 0.102. The first-order valence-electron chi connectivity index (χ1n) is 7.96. The predicted molar refractivity (Wildman–Crippen MR) is 102 cm³/mol. The maximum atomic E-state index is 12.8. The minimum atomic E-state index is -0.428. The molecule has 0 spiro atoms. The van der Waals surface area contributed by atoms with E-state index in [2.05, 4.69) is 35.2 Å². The molecule has 5 aromatic rings. The first-order chi connectivity index (χ1) is 13.2. The number of H-pyrrole nitrogens is 3. The average Bonchev–Trinajstić information content (AvgIpc) is 3.39. The molecular weight excluding hydrogens is 366 g/mol. The van der Waals surface area contributed by atoms with Crippen molar-refractivity contribution < 1.29 is 4.79 Å². The van der Waals surface area contributed by atoms with Crippen LogP contribution in [0.15, 0.2) is 46.8 Å². The Kier molecular flexibility index (Phi) is 3.37. The second-order valence-corrected chi connectivity index (χ2v) is 6.68. The maximum absolute atomic E-state index is 12.8. The molecule has 0 unspecified atom stereocenters. The van der Waals surface area contributed by atoms with Crippen molar-refractivity contribution in [1.82, 2.24) is 29.9 Å². The molecule has 4 aromatic heterocycles. The van der Waals surface area contributed by atoms with Gasteiger partial charge in [-0.25, -0.2) is 9.97 Å². The van der Waals surface area contributed by atoms with Gasteiger partial charge in [0.1, 0.15) is 11.3 Å². The number of carbonyl (C=O) groups is 1. The number of para-hydroxylation sites is 1. The highest BCUT2D eigenvalue weighted by Crippen LogP contribution is 2.26. The van der Waals surface area contributed by atoms with E-state index in [1.54, 1.807) is 23.5 Å². The van der Waals surface area contributed by atoms with Crippen molar-refractivity contribution in [1.29, 1.82) is 0 Å². The Balaban J connectivity index is 1.54. The maximum Gasteiger partial charge on any atom is 0.278 e. The van der Waals surface area contributed by atoms with Crippen molar-refractivity contribution >= 4 is 45.4 Å². The van der Waals surface area contributed by atoms with Crippen molar-refractivity contribution in [2.24, 2.45) is 0 Å². The van der Waals surface area contributed by atoms with E-state index in [1.165, 1.54) is 6.33 Å². The summed E-state index contributed by atoms with van der Waals surface area (Å²) < 4.78 is 0. The van der Waals surface area contributed by atoms with Crippen LogP contribution in [0.2, 0.25) is 0 Å². The Morgan fingerprint density at radius 2 is 2.04 bits per heavy atom. The number of rotatable bonds is 3. The van der Waals surface area contributed by atoms with E-state index >= 15 is 0 Å². The topological polar surface area (TPSA) is 132 Å². The van der Waals surface area contributed by atoms with E-state index < -0.39 is 11.5 Å². The van der Waals surface area contributed by atoms with Crippen molar-refractivity contribution in [3.8, 4) is 10.7 Å². The van der Waals surface area contributed by atoms with Crippen LogP contribution in [0.25, 0.3) is 32.9 Å². The average molecular weight is 377 g/mol. The molecule has 0 radical (unpaired) electrons. The highest BCUT2D eigenvalue weighted by atomic mass is 32.1. The van der Waals surface area contributed by atoms with Gasteiger partial charge in [0.2, 0.25) is 5.95 Å². The van der Waals surface area contributed by atoms with Gasteiger partial charge in [0.25, 0.3) is 11.5 Å². The Labute approximate surface area is 154 Å². The standard InChI is InChI=1S/C17H11N7O2S/c25-15(23-17-22-14-12(16(26)24-17)18-7-19-14)8-3-1-4-9-11(8)21-13(20-9)10-5-2-6-27-10/h1-7H,(H,20,21)(H3,18,19,22,23,24,25,26). The summed E-state index contributed by atoms with van der Waals surface area (Å²) in [6, 6.07) is 9.18. The molecular formula is C17H11N7O2S. The van der Waals surface area contributed by atoms with Gasteiger partial charge in [-0.15, -0.1) is 11.3 Å². The lowest BCUT2D eigenvalue weighted by atomic mass is 10.2. The number of hydrogen-bond acceptors (Lipinski definition) is 6. The number of nitrogens with one attached hydrogen (secondary N) is 4. The molecule has 132 valence electrons. The second-order valence-electron chi connectivity index (χ2n) is 5.73. The largest absolute Gasteiger partial charge is 0.339 e. The molecule has 1 aromatic carbocycles. The zero-order valence-corrected chi connectivity index (χ0v) is 14.4. The van der Waals surface area contributed by atoms with E-state index in [1.807, 2.05) is 23.6 Å². The number of imidazole rings is 2. The summed E-state index contributed by atoms with van der Waals surface area (Å²) in [5.41, 5.74) is 1.73. The molecule has 0 saturated carbocycles. The highest BCUT2D eigenvalue weighted by molar-refractivity contribution is 7.13. The number of carbonyl (C=O) groups excluding carboxylic acids is 1. The molecule has 4 heterocycles. The molecule has 0 aliphatic heterocycles. The van der Waals surface area contributed by atoms with Gasteiger partial charge in [-0.1, -0.05) is 12.1 Å². The van der Waals surface area contributed by atoms with E-state index in [0.29, 0.717) is 16.9 Å². The minimum Gasteiger partial charge on any atom is -0.339 e. The summed E-state index contributed by atoms with van der Waals surface area (Å²) >= 11 is 1.56.